The van der Waals surface area contributed by atoms with E-state index in [9.17, 15) is 4.79 Å². The Bertz CT molecular complexity index is 1270. The van der Waals surface area contributed by atoms with Crippen LogP contribution in [0.3, 0.4) is 0 Å². The van der Waals surface area contributed by atoms with Gasteiger partial charge in [0.25, 0.3) is 5.91 Å². The van der Waals surface area contributed by atoms with Gasteiger partial charge in [-0.25, -0.2) is 9.97 Å². The summed E-state index contributed by atoms with van der Waals surface area (Å²) in [5, 5.41) is 8.86. The predicted octanol–water partition coefficient (Wildman–Crippen LogP) is 3.36. The number of nitrogens with two attached hydrogens (primary N) is 1. The molecule has 1 aliphatic heterocycles. The van der Waals surface area contributed by atoms with Gasteiger partial charge in [0, 0.05) is 24.7 Å². The lowest BCUT2D eigenvalue weighted by Gasteiger charge is -2.58. The number of aromatic nitrogens is 3. The Hall–Kier alpha value is -4.45. The van der Waals surface area contributed by atoms with Gasteiger partial charge in [0.2, 0.25) is 5.88 Å². The number of pyridine rings is 1. The number of nitrogen functional groups attached to an aromatic ring is 1. The molecule has 1 saturated heterocycles. The third-order valence-electron chi connectivity index (χ3n) is 6.19. The Morgan fingerprint density at radius 3 is 2.62 bits per heavy atom. The first-order valence-corrected chi connectivity index (χ1v) is 10.8. The van der Waals surface area contributed by atoms with Gasteiger partial charge >= 0.3 is 0 Å². The van der Waals surface area contributed by atoms with Crippen molar-refractivity contribution in [1.29, 1.82) is 5.26 Å². The van der Waals surface area contributed by atoms with Gasteiger partial charge in [-0.1, -0.05) is 18.7 Å². The zero-order chi connectivity index (χ0) is 23.7. The van der Waals surface area contributed by atoms with Crippen molar-refractivity contribution in [3.05, 3.63) is 67.3 Å². The van der Waals surface area contributed by atoms with Crippen molar-refractivity contribution >= 4 is 11.7 Å². The van der Waals surface area contributed by atoms with Gasteiger partial charge in [-0.15, -0.1) is 0 Å². The molecular weight excluding hydrogens is 432 g/mol. The molecule has 1 amide bonds. The highest BCUT2D eigenvalue weighted by Gasteiger charge is 2.55. The molecule has 2 N–H and O–H groups in total. The number of nitriles is 1. The second-order valence-electron chi connectivity index (χ2n) is 8.65. The maximum Gasteiger partial charge on any atom is 0.263 e. The summed E-state index contributed by atoms with van der Waals surface area (Å²) in [5.41, 5.74) is 7.65. The summed E-state index contributed by atoms with van der Waals surface area (Å²) < 4.78 is 12.0. The molecule has 0 atom stereocenters. The van der Waals surface area contributed by atoms with Gasteiger partial charge in [-0.05, 0) is 42.7 Å². The maximum absolute atomic E-state index is 12.1. The molecule has 0 radical (unpaired) electrons. The van der Waals surface area contributed by atoms with Gasteiger partial charge in [-0.2, -0.15) is 5.26 Å². The normalized spacial score (nSPS) is 16.1. The SMILES string of the molecule is C=C(C#N)C(=O)N1CC2(CC(Oc3ncnc(N)c3-c3ccc(Oc4cccnc4)cc3)C2)C1. The fraction of sp³-hybridized carbons (Fsp3) is 0.240. The van der Waals surface area contributed by atoms with Crippen molar-refractivity contribution in [3.8, 4) is 34.6 Å². The molecule has 170 valence electrons. The van der Waals surface area contributed by atoms with Crippen LogP contribution in [0.15, 0.2) is 67.3 Å². The van der Waals surface area contributed by atoms with Crippen LogP contribution in [0.4, 0.5) is 5.82 Å². The Morgan fingerprint density at radius 1 is 1.18 bits per heavy atom. The highest BCUT2D eigenvalue weighted by Crippen LogP contribution is 2.50. The smallest absolute Gasteiger partial charge is 0.263 e. The summed E-state index contributed by atoms with van der Waals surface area (Å²) in [7, 11) is 0. The number of anilines is 1. The summed E-state index contributed by atoms with van der Waals surface area (Å²) in [6.45, 7) is 4.73. The van der Waals surface area contributed by atoms with E-state index in [1.54, 1.807) is 17.3 Å². The molecule has 5 rings (SSSR count). The zero-order valence-corrected chi connectivity index (χ0v) is 18.3. The minimum atomic E-state index is -0.292. The molecule has 0 unspecified atom stereocenters. The lowest BCUT2D eigenvalue weighted by atomic mass is 9.61. The van der Waals surface area contributed by atoms with Crippen molar-refractivity contribution < 1.29 is 14.3 Å². The van der Waals surface area contributed by atoms with E-state index in [1.807, 2.05) is 42.5 Å². The number of hydrogen-bond donors (Lipinski definition) is 1. The third-order valence-corrected chi connectivity index (χ3v) is 6.19. The van der Waals surface area contributed by atoms with E-state index >= 15 is 0 Å². The van der Waals surface area contributed by atoms with Crippen molar-refractivity contribution in [1.82, 2.24) is 19.9 Å². The summed E-state index contributed by atoms with van der Waals surface area (Å²) >= 11 is 0. The number of rotatable bonds is 6. The molecule has 9 nitrogen and oxygen atoms in total. The number of carbonyl (C=O) groups excluding carboxylic acids is 1. The van der Waals surface area contributed by atoms with Gasteiger partial charge in [-0.3, -0.25) is 9.78 Å². The first-order chi connectivity index (χ1) is 16.5. The Kier molecular flexibility index (Phi) is 5.34. The Labute approximate surface area is 196 Å². The average molecular weight is 454 g/mol. The highest BCUT2D eigenvalue weighted by molar-refractivity contribution is 5.97. The number of nitrogens with zero attached hydrogens (tertiary/aromatic N) is 5. The second-order valence-corrected chi connectivity index (χ2v) is 8.65. The van der Waals surface area contributed by atoms with Gasteiger partial charge in [0.1, 0.15) is 41.4 Å². The Balaban J connectivity index is 1.24. The van der Waals surface area contributed by atoms with Crippen molar-refractivity contribution in [3.63, 3.8) is 0 Å². The van der Waals surface area contributed by atoms with E-state index in [4.69, 9.17) is 20.5 Å². The monoisotopic (exact) mass is 454 g/mol. The van der Waals surface area contributed by atoms with Gasteiger partial charge < -0.3 is 20.1 Å². The maximum atomic E-state index is 12.1. The van der Waals surface area contributed by atoms with Crippen LogP contribution in [0.1, 0.15) is 12.8 Å². The van der Waals surface area contributed by atoms with Gasteiger partial charge in [0.05, 0.1) is 11.8 Å². The highest BCUT2D eigenvalue weighted by atomic mass is 16.5. The van der Waals surface area contributed by atoms with Crippen LogP contribution in [-0.2, 0) is 4.79 Å². The van der Waals surface area contributed by atoms with Crippen LogP contribution in [0, 0.1) is 16.7 Å². The molecule has 34 heavy (non-hydrogen) atoms. The molecule has 2 aromatic heterocycles. The summed E-state index contributed by atoms with van der Waals surface area (Å²) in [5.74, 6) is 1.78. The predicted molar refractivity (Wildman–Crippen MR) is 124 cm³/mol. The van der Waals surface area contributed by atoms with Gasteiger partial charge in [0.15, 0.2) is 0 Å². The van der Waals surface area contributed by atoms with E-state index in [0.717, 1.165) is 18.4 Å². The quantitative estimate of drug-likeness (QED) is 0.444. The van der Waals surface area contributed by atoms with Crippen LogP contribution in [0.2, 0.25) is 0 Å². The molecule has 1 spiro atoms. The number of likely N-dealkylation sites (tertiary alicyclic amines) is 1. The molecule has 1 aromatic carbocycles. The zero-order valence-electron chi connectivity index (χ0n) is 18.3. The first-order valence-electron chi connectivity index (χ1n) is 10.8. The number of ether oxygens (including phenoxy) is 2. The average Bonchev–Trinajstić information content (AvgIpc) is 2.80. The molecule has 3 aromatic rings. The molecule has 3 heterocycles. The lowest BCUT2D eigenvalue weighted by Crippen LogP contribution is -2.66. The van der Waals surface area contributed by atoms with E-state index < -0.39 is 0 Å². The first kappa shape index (κ1) is 21.4. The summed E-state index contributed by atoms with van der Waals surface area (Å²) in [6, 6.07) is 12.9. The van der Waals surface area contributed by atoms with Crippen molar-refractivity contribution in [2.45, 2.75) is 18.9 Å². The summed E-state index contributed by atoms with van der Waals surface area (Å²) in [6.07, 6.45) is 6.29. The van der Waals surface area contributed by atoms with Crippen molar-refractivity contribution in [2.24, 2.45) is 5.41 Å². The molecule has 2 fully saturated rings. The molecule has 2 aliphatic rings. The second kappa shape index (κ2) is 8.48. The van der Waals surface area contributed by atoms with E-state index in [0.29, 0.717) is 41.8 Å². The van der Waals surface area contributed by atoms with Crippen LogP contribution >= 0.6 is 0 Å². The number of benzene rings is 1. The van der Waals surface area contributed by atoms with Crippen LogP contribution in [0.5, 0.6) is 17.4 Å². The lowest BCUT2D eigenvalue weighted by molar-refractivity contribution is -0.156. The number of amides is 1. The van der Waals surface area contributed by atoms with E-state index in [2.05, 4.69) is 21.5 Å². The van der Waals surface area contributed by atoms with E-state index in [-0.39, 0.29) is 23.0 Å². The topological polar surface area (TPSA) is 127 Å². The Morgan fingerprint density at radius 2 is 1.94 bits per heavy atom. The fourth-order valence-electron chi connectivity index (χ4n) is 4.53. The molecular formula is C25H22N6O3. The minimum Gasteiger partial charge on any atom is -0.474 e. The molecule has 1 aliphatic carbocycles. The molecule has 1 saturated carbocycles. The molecule has 0 bridgehead atoms. The van der Waals surface area contributed by atoms with E-state index in [1.165, 1.54) is 6.33 Å². The van der Waals surface area contributed by atoms with Crippen LogP contribution in [0.25, 0.3) is 11.1 Å². The third kappa shape index (κ3) is 4.01. The number of hydrogen-bond acceptors (Lipinski definition) is 8. The fourth-order valence-corrected chi connectivity index (χ4v) is 4.53. The van der Waals surface area contributed by atoms with Crippen LogP contribution < -0.4 is 15.2 Å². The standard InChI is InChI=1S/C25H22N6O3/c1-16(11-26)24(32)31-13-25(14-31)9-20(10-25)34-23-21(22(27)29-15-30-23)17-4-6-18(7-5-17)33-19-3-2-8-28-12-19/h2-8,12,15,20H,1,9-10,13-14H2,(H2,27,29,30). The molecule has 9 heteroatoms. The summed E-state index contributed by atoms with van der Waals surface area (Å²) in [4.78, 5) is 26.2. The number of carbonyl (C=O) groups is 1. The van der Waals surface area contributed by atoms with Crippen molar-refractivity contribution in [2.75, 3.05) is 18.8 Å². The minimum absolute atomic E-state index is 0.0278. The van der Waals surface area contributed by atoms with Crippen LogP contribution in [-0.4, -0.2) is 45.0 Å². The largest absolute Gasteiger partial charge is 0.474 e.